The molecule has 1 aromatic carbocycles. The van der Waals surface area contributed by atoms with E-state index in [-0.39, 0.29) is 5.69 Å². The molecule has 0 saturated carbocycles. The molecule has 0 atom stereocenters. The highest BCUT2D eigenvalue weighted by Gasteiger charge is 2.18. The number of nitrogens with zero attached hydrogens (tertiary/aromatic N) is 2. The van der Waals surface area contributed by atoms with E-state index in [2.05, 4.69) is 5.10 Å². The van der Waals surface area contributed by atoms with Crippen molar-refractivity contribution in [3.05, 3.63) is 47.3 Å². The van der Waals surface area contributed by atoms with Gasteiger partial charge in [-0.3, -0.25) is 0 Å². The van der Waals surface area contributed by atoms with Crippen LogP contribution in [0.5, 0.6) is 0 Å². The highest BCUT2D eigenvalue weighted by Crippen LogP contribution is 2.18. The Labute approximate surface area is 115 Å². The van der Waals surface area contributed by atoms with Gasteiger partial charge in [-0.1, -0.05) is 19.1 Å². The number of aromatic carboxylic acids is 1. The molecule has 0 amide bonds. The van der Waals surface area contributed by atoms with Crippen LogP contribution in [0.15, 0.2) is 30.3 Å². The van der Waals surface area contributed by atoms with Crippen molar-refractivity contribution in [1.82, 2.24) is 9.78 Å². The maximum absolute atomic E-state index is 11.8. The Bertz CT molecular complexity index is 661. The molecule has 6 nitrogen and oxygen atoms in total. The Hall–Kier alpha value is -2.63. The van der Waals surface area contributed by atoms with Crippen molar-refractivity contribution in [2.24, 2.45) is 0 Å². The fraction of sp³-hybridized carbons (Fsp3) is 0.214. The minimum absolute atomic E-state index is 0.0541. The second kappa shape index (κ2) is 5.56. The van der Waals surface area contributed by atoms with Gasteiger partial charge >= 0.3 is 11.9 Å². The van der Waals surface area contributed by atoms with Gasteiger partial charge in [0.05, 0.1) is 18.4 Å². The van der Waals surface area contributed by atoms with Gasteiger partial charge in [-0.25, -0.2) is 14.3 Å². The number of carboxylic acids is 1. The average Bonchev–Trinajstić information content (AvgIpc) is 2.90. The van der Waals surface area contributed by atoms with E-state index in [0.717, 1.165) is 0 Å². The summed E-state index contributed by atoms with van der Waals surface area (Å²) in [6.07, 6.45) is 0.593. The van der Waals surface area contributed by atoms with Crippen molar-refractivity contribution < 1.29 is 19.4 Å². The van der Waals surface area contributed by atoms with Crippen LogP contribution in [0.3, 0.4) is 0 Å². The van der Waals surface area contributed by atoms with Crippen LogP contribution in [-0.2, 0) is 11.2 Å². The molecule has 1 N–H and O–H groups in total. The van der Waals surface area contributed by atoms with E-state index in [1.807, 2.05) is 6.92 Å². The van der Waals surface area contributed by atoms with Crippen LogP contribution in [0, 0.1) is 0 Å². The Morgan fingerprint density at radius 1 is 1.35 bits per heavy atom. The molecule has 0 spiro atoms. The van der Waals surface area contributed by atoms with Crippen LogP contribution in [0.2, 0.25) is 0 Å². The molecule has 104 valence electrons. The van der Waals surface area contributed by atoms with Gasteiger partial charge < -0.3 is 9.84 Å². The highest BCUT2D eigenvalue weighted by molar-refractivity contribution is 5.93. The van der Waals surface area contributed by atoms with Gasteiger partial charge in [0.1, 0.15) is 0 Å². The lowest BCUT2D eigenvalue weighted by molar-refractivity contribution is 0.0600. The number of aryl methyl sites for hydroxylation is 1. The number of hydrogen-bond acceptors (Lipinski definition) is 4. The summed E-state index contributed by atoms with van der Waals surface area (Å²) in [4.78, 5) is 22.8. The third kappa shape index (κ3) is 2.40. The zero-order valence-electron chi connectivity index (χ0n) is 11.2. The summed E-state index contributed by atoms with van der Waals surface area (Å²) in [5, 5.41) is 13.1. The Kier molecular flexibility index (Phi) is 3.84. The molecule has 0 aliphatic carbocycles. The Morgan fingerprint density at radius 3 is 2.65 bits per heavy atom. The first-order valence-corrected chi connectivity index (χ1v) is 6.08. The summed E-state index contributed by atoms with van der Waals surface area (Å²) < 4.78 is 6.20. The standard InChI is InChI=1S/C14H14N2O4/c1-3-9-8-11(13(17)18)15-16(9)12-7-5-4-6-10(12)14(19)20-2/h4-8H,3H2,1-2H3,(H,17,18). The lowest BCUT2D eigenvalue weighted by Crippen LogP contribution is -2.11. The lowest BCUT2D eigenvalue weighted by atomic mass is 10.1. The van der Waals surface area contributed by atoms with Gasteiger partial charge in [0, 0.05) is 5.69 Å². The quantitative estimate of drug-likeness (QED) is 0.861. The van der Waals surface area contributed by atoms with E-state index < -0.39 is 11.9 Å². The van der Waals surface area contributed by atoms with Crippen molar-refractivity contribution >= 4 is 11.9 Å². The largest absolute Gasteiger partial charge is 0.476 e. The third-order valence-electron chi connectivity index (χ3n) is 2.90. The summed E-state index contributed by atoms with van der Waals surface area (Å²) in [6.45, 7) is 1.89. The third-order valence-corrected chi connectivity index (χ3v) is 2.90. The van der Waals surface area contributed by atoms with Crippen molar-refractivity contribution in [3.8, 4) is 5.69 Å². The number of methoxy groups -OCH3 is 1. The molecule has 0 aliphatic heterocycles. The van der Waals surface area contributed by atoms with E-state index in [9.17, 15) is 9.59 Å². The predicted molar refractivity (Wildman–Crippen MR) is 71.2 cm³/mol. The van der Waals surface area contributed by atoms with Gasteiger partial charge in [0.25, 0.3) is 0 Å². The van der Waals surface area contributed by atoms with Gasteiger partial charge in [-0.2, -0.15) is 5.10 Å². The molecule has 0 fully saturated rings. The normalized spacial score (nSPS) is 10.3. The average molecular weight is 274 g/mol. The van der Waals surface area contributed by atoms with E-state index in [0.29, 0.717) is 23.4 Å². The number of para-hydroxylation sites is 1. The molecule has 2 rings (SSSR count). The highest BCUT2D eigenvalue weighted by atomic mass is 16.5. The fourth-order valence-electron chi connectivity index (χ4n) is 1.93. The minimum atomic E-state index is -1.10. The van der Waals surface area contributed by atoms with Crippen LogP contribution >= 0.6 is 0 Å². The van der Waals surface area contributed by atoms with E-state index in [1.165, 1.54) is 17.9 Å². The predicted octanol–water partition coefficient (Wildman–Crippen LogP) is 1.92. The molecule has 0 unspecified atom stereocenters. The molecule has 1 heterocycles. The van der Waals surface area contributed by atoms with Crippen LogP contribution < -0.4 is 0 Å². The number of rotatable bonds is 4. The van der Waals surface area contributed by atoms with Gasteiger partial charge in [0.15, 0.2) is 5.69 Å². The first-order valence-electron chi connectivity index (χ1n) is 6.08. The van der Waals surface area contributed by atoms with E-state index in [1.54, 1.807) is 24.3 Å². The summed E-state index contributed by atoms with van der Waals surface area (Å²) in [5.74, 6) is -1.59. The fourth-order valence-corrected chi connectivity index (χ4v) is 1.93. The van der Waals surface area contributed by atoms with Crippen molar-refractivity contribution in [2.75, 3.05) is 7.11 Å². The van der Waals surface area contributed by atoms with Crippen LogP contribution in [0.25, 0.3) is 5.69 Å². The zero-order valence-corrected chi connectivity index (χ0v) is 11.2. The number of ether oxygens (including phenoxy) is 1. The van der Waals surface area contributed by atoms with Crippen LogP contribution in [0.1, 0.15) is 33.5 Å². The number of carbonyl (C=O) groups is 2. The number of aromatic nitrogens is 2. The smallest absolute Gasteiger partial charge is 0.356 e. The molecule has 0 radical (unpaired) electrons. The van der Waals surface area contributed by atoms with Crippen LogP contribution in [0.4, 0.5) is 0 Å². The Morgan fingerprint density at radius 2 is 2.05 bits per heavy atom. The maximum Gasteiger partial charge on any atom is 0.356 e. The molecule has 1 aromatic heterocycles. The van der Waals surface area contributed by atoms with Gasteiger partial charge in [-0.05, 0) is 24.6 Å². The number of hydrogen-bond donors (Lipinski definition) is 1. The number of carbonyl (C=O) groups excluding carboxylic acids is 1. The number of carboxylic acid groups (broad SMARTS) is 1. The SMILES string of the molecule is CCc1cc(C(=O)O)nn1-c1ccccc1C(=O)OC. The van der Waals surface area contributed by atoms with Gasteiger partial charge in [0.2, 0.25) is 0 Å². The van der Waals surface area contributed by atoms with E-state index >= 15 is 0 Å². The molecule has 2 aromatic rings. The minimum Gasteiger partial charge on any atom is -0.476 e. The zero-order chi connectivity index (χ0) is 14.7. The second-order valence-corrected chi connectivity index (χ2v) is 4.10. The summed E-state index contributed by atoms with van der Waals surface area (Å²) in [6, 6.07) is 8.27. The molecule has 0 bridgehead atoms. The lowest BCUT2D eigenvalue weighted by Gasteiger charge is -2.10. The van der Waals surface area contributed by atoms with Crippen LogP contribution in [-0.4, -0.2) is 33.9 Å². The van der Waals surface area contributed by atoms with E-state index in [4.69, 9.17) is 9.84 Å². The topological polar surface area (TPSA) is 81.4 Å². The summed E-state index contributed by atoms with van der Waals surface area (Å²) >= 11 is 0. The first-order chi connectivity index (χ1) is 9.58. The molecule has 0 aliphatic rings. The maximum atomic E-state index is 11.8. The Balaban J connectivity index is 2.62. The van der Waals surface area contributed by atoms with Crippen molar-refractivity contribution in [3.63, 3.8) is 0 Å². The molecule has 0 saturated heterocycles. The second-order valence-electron chi connectivity index (χ2n) is 4.10. The number of esters is 1. The monoisotopic (exact) mass is 274 g/mol. The molecular formula is C14H14N2O4. The summed E-state index contributed by atoms with van der Waals surface area (Å²) in [5.41, 5.74) is 1.49. The molecule has 20 heavy (non-hydrogen) atoms. The summed E-state index contributed by atoms with van der Waals surface area (Å²) in [7, 11) is 1.30. The van der Waals surface area contributed by atoms with Gasteiger partial charge in [-0.15, -0.1) is 0 Å². The number of benzene rings is 1. The van der Waals surface area contributed by atoms with Crippen molar-refractivity contribution in [1.29, 1.82) is 0 Å². The molecule has 6 heteroatoms. The van der Waals surface area contributed by atoms with Crippen molar-refractivity contribution in [2.45, 2.75) is 13.3 Å². The first kappa shape index (κ1) is 13.8. The molecular weight excluding hydrogens is 260 g/mol.